The van der Waals surface area contributed by atoms with Gasteiger partial charge in [-0.15, -0.1) is 0 Å². The molecule has 0 aromatic heterocycles. The Labute approximate surface area is 135 Å². The van der Waals surface area contributed by atoms with E-state index in [-0.39, 0.29) is 5.78 Å². The van der Waals surface area contributed by atoms with Crippen LogP contribution in [0.15, 0.2) is 51.1 Å². The fourth-order valence-electron chi connectivity index (χ4n) is 1.66. The summed E-state index contributed by atoms with van der Waals surface area (Å²) in [5, 5.41) is 4.35. The second-order valence-corrected chi connectivity index (χ2v) is 5.72. The summed E-state index contributed by atoms with van der Waals surface area (Å²) >= 11 is 8.91. The summed E-state index contributed by atoms with van der Waals surface area (Å²) in [6.07, 6.45) is 1.53. The lowest BCUT2D eigenvalue weighted by atomic mass is 9.97. The molecule has 0 amide bonds. The Hall–Kier alpha value is -1.72. The number of carbonyl (C=O) groups excluding carboxylic acids is 2. The molecule has 1 aliphatic rings. The minimum Gasteiger partial charge on any atom is -0.312 e. The number of allylic oxidation sites excluding steroid dienone is 4. The van der Waals surface area contributed by atoms with Gasteiger partial charge < -0.3 is 4.84 Å². The van der Waals surface area contributed by atoms with E-state index in [0.717, 1.165) is 0 Å². The van der Waals surface area contributed by atoms with Gasteiger partial charge in [-0.25, -0.2) is 4.79 Å². The van der Waals surface area contributed by atoms with Crippen molar-refractivity contribution >= 4 is 45.0 Å². The lowest BCUT2D eigenvalue weighted by Gasteiger charge is -2.12. The lowest BCUT2D eigenvalue weighted by molar-refractivity contribution is -0.111. The molecule has 0 atom stereocenters. The normalized spacial score (nSPS) is 17.0. The molecule has 0 spiro atoms. The second kappa shape index (κ2) is 6.37. The van der Waals surface area contributed by atoms with E-state index in [4.69, 9.17) is 16.4 Å². The monoisotopic (exact) mass is 367 g/mol. The third-order valence-electron chi connectivity index (χ3n) is 3.07. The smallest absolute Gasteiger partial charge is 0.312 e. The van der Waals surface area contributed by atoms with Crippen LogP contribution in [0.2, 0.25) is 5.02 Å². The highest BCUT2D eigenvalue weighted by Crippen LogP contribution is 2.23. The van der Waals surface area contributed by atoms with Crippen LogP contribution in [0.5, 0.6) is 0 Å². The Morgan fingerprint density at radius 2 is 1.81 bits per heavy atom. The van der Waals surface area contributed by atoms with Crippen LogP contribution in [-0.4, -0.2) is 17.5 Å². The summed E-state index contributed by atoms with van der Waals surface area (Å²) in [6, 6.07) is 6.29. The third-order valence-corrected chi connectivity index (χ3v) is 3.92. The summed E-state index contributed by atoms with van der Waals surface area (Å²) < 4.78 is 0.381. The Morgan fingerprint density at radius 3 is 2.43 bits per heavy atom. The van der Waals surface area contributed by atoms with Crippen molar-refractivity contribution in [3.63, 3.8) is 0 Å². The molecular weight excluding hydrogens is 358 g/mol. The van der Waals surface area contributed by atoms with Crippen molar-refractivity contribution in [1.82, 2.24) is 0 Å². The average molecular weight is 369 g/mol. The van der Waals surface area contributed by atoms with Crippen LogP contribution in [0, 0.1) is 0 Å². The van der Waals surface area contributed by atoms with Crippen LogP contribution >= 0.6 is 27.5 Å². The summed E-state index contributed by atoms with van der Waals surface area (Å²) in [7, 11) is 0. The van der Waals surface area contributed by atoms with Gasteiger partial charge in [0, 0.05) is 10.6 Å². The van der Waals surface area contributed by atoms with E-state index in [1.54, 1.807) is 38.1 Å². The molecule has 0 heterocycles. The third kappa shape index (κ3) is 3.49. The summed E-state index contributed by atoms with van der Waals surface area (Å²) in [4.78, 5) is 28.5. The van der Waals surface area contributed by atoms with Gasteiger partial charge in [-0.3, -0.25) is 4.79 Å². The number of halogens is 2. The van der Waals surface area contributed by atoms with Crippen molar-refractivity contribution in [2.45, 2.75) is 13.8 Å². The van der Waals surface area contributed by atoms with Crippen molar-refractivity contribution in [1.29, 1.82) is 0 Å². The molecule has 1 aromatic carbocycles. The molecule has 0 saturated heterocycles. The van der Waals surface area contributed by atoms with Gasteiger partial charge in [0.05, 0.1) is 10.0 Å². The second-order valence-electron chi connectivity index (χ2n) is 4.43. The number of hydrogen-bond acceptors (Lipinski definition) is 4. The van der Waals surface area contributed by atoms with E-state index in [1.807, 2.05) is 0 Å². The molecule has 1 aliphatic carbocycles. The quantitative estimate of drug-likeness (QED) is 0.449. The van der Waals surface area contributed by atoms with Gasteiger partial charge in [-0.05, 0) is 65.7 Å². The molecular formula is C15H11BrClNO3. The molecule has 108 valence electrons. The molecule has 0 fully saturated rings. The molecule has 2 rings (SSSR count). The van der Waals surface area contributed by atoms with Crippen molar-refractivity contribution in [2.24, 2.45) is 5.16 Å². The lowest BCUT2D eigenvalue weighted by Crippen LogP contribution is -2.15. The zero-order chi connectivity index (χ0) is 15.6. The van der Waals surface area contributed by atoms with E-state index in [9.17, 15) is 9.59 Å². The minimum absolute atomic E-state index is 0.101. The Kier molecular flexibility index (Phi) is 4.75. The van der Waals surface area contributed by atoms with E-state index in [1.165, 1.54) is 6.08 Å². The zero-order valence-corrected chi connectivity index (χ0v) is 13.7. The first-order chi connectivity index (χ1) is 9.90. The number of carbonyl (C=O) groups is 2. The van der Waals surface area contributed by atoms with Crippen molar-refractivity contribution in [3.8, 4) is 0 Å². The van der Waals surface area contributed by atoms with Crippen LogP contribution in [0.1, 0.15) is 24.2 Å². The molecule has 21 heavy (non-hydrogen) atoms. The SMILES string of the molecule is CC1=C(C)C(=NOC(=O)c2ccc(Cl)cc2)C=C(Br)C1=O. The standard InChI is InChI=1S/C15H11BrClNO3/c1-8-9(2)14(19)12(16)7-13(8)18-21-15(20)10-3-5-11(17)6-4-10/h3-7H,1-2H3. The Morgan fingerprint density at radius 1 is 1.19 bits per heavy atom. The summed E-state index contributed by atoms with van der Waals surface area (Å²) in [6.45, 7) is 3.45. The van der Waals surface area contributed by atoms with Gasteiger partial charge in [0.25, 0.3) is 0 Å². The molecule has 0 saturated carbocycles. The van der Waals surface area contributed by atoms with Crippen molar-refractivity contribution < 1.29 is 14.4 Å². The summed E-state index contributed by atoms with van der Waals surface area (Å²) in [5.41, 5.74) is 2.01. The topological polar surface area (TPSA) is 55.7 Å². The number of benzene rings is 1. The van der Waals surface area contributed by atoms with E-state index < -0.39 is 5.97 Å². The number of hydrogen-bond donors (Lipinski definition) is 0. The van der Waals surface area contributed by atoms with Gasteiger partial charge in [0.2, 0.25) is 0 Å². The maximum Gasteiger partial charge on any atom is 0.365 e. The summed E-state index contributed by atoms with van der Waals surface area (Å²) in [5.74, 6) is -0.693. The van der Waals surface area contributed by atoms with Gasteiger partial charge in [0.15, 0.2) is 5.78 Å². The molecule has 0 N–H and O–H groups in total. The van der Waals surface area contributed by atoms with Crippen LogP contribution in [0.25, 0.3) is 0 Å². The largest absolute Gasteiger partial charge is 0.365 e. The van der Waals surface area contributed by atoms with Crippen LogP contribution in [-0.2, 0) is 9.63 Å². The highest BCUT2D eigenvalue weighted by Gasteiger charge is 2.21. The first-order valence-corrected chi connectivity index (χ1v) is 7.22. The van der Waals surface area contributed by atoms with E-state index >= 15 is 0 Å². The number of nitrogens with zero attached hydrogens (tertiary/aromatic N) is 1. The van der Waals surface area contributed by atoms with Crippen molar-refractivity contribution in [2.75, 3.05) is 0 Å². The molecule has 6 heteroatoms. The fourth-order valence-corrected chi connectivity index (χ4v) is 2.30. The molecule has 4 nitrogen and oxygen atoms in total. The molecule has 0 bridgehead atoms. The molecule has 1 aromatic rings. The first-order valence-electron chi connectivity index (χ1n) is 6.05. The highest BCUT2D eigenvalue weighted by atomic mass is 79.9. The number of oxime groups is 1. The van der Waals surface area contributed by atoms with Crippen molar-refractivity contribution in [3.05, 3.63) is 56.6 Å². The van der Waals surface area contributed by atoms with Gasteiger partial charge in [-0.1, -0.05) is 16.8 Å². The maximum absolute atomic E-state index is 11.8. The van der Waals surface area contributed by atoms with Gasteiger partial charge in [0.1, 0.15) is 5.71 Å². The average Bonchev–Trinajstić information content (AvgIpc) is 2.48. The molecule has 0 unspecified atom stereocenters. The van der Waals surface area contributed by atoms with Gasteiger partial charge in [-0.2, -0.15) is 0 Å². The van der Waals surface area contributed by atoms with E-state index in [0.29, 0.717) is 31.9 Å². The Balaban J connectivity index is 2.19. The molecule has 0 radical (unpaired) electrons. The van der Waals surface area contributed by atoms with Crippen LogP contribution in [0.3, 0.4) is 0 Å². The van der Waals surface area contributed by atoms with Gasteiger partial charge >= 0.3 is 5.97 Å². The first kappa shape index (κ1) is 15.7. The highest BCUT2D eigenvalue weighted by molar-refractivity contribution is 9.12. The number of rotatable bonds is 2. The maximum atomic E-state index is 11.8. The zero-order valence-electron chi connectivity index (χ0n) is 11.3. The van der Waals surface area contributed by atoms with Crippen LogP contribution < -0.4 is 0 Å². The predicted molar refractivity (Wildman–Crippen MR) is 84.7 cm³/mol. The fraction of sp³-hybridized carbons (Fsp3) is 0.133. The number of Topliss-reactive ketones (excluding diaryl/α,β-unsaturated/α-hetero) is 1. The number of ketones is 1. The molecule has 0 aliphatic heterocycles. The van der Waals surface area contributed by atoms with E-state index in [2.05, 4.69) is 21.1 Å². The Bertz CT molecular complexity index is 702. The predicted octanol–water partition coefficient (Wildman–Crippen LogP) is 4.05. The van der Waals surface area contributed by atoms with Crippen LogP contribution in [0.4, 0.5) is 0 Å². The minimum atomic E-state index is -0.592.